The lowest BCUT2D eigenvalue weighted by molar-refractivity contribution is -0.0399. The molecule has 0 unspecified atom stereocenters. The maximum Gasteiger partial charge on any atom is 0.252 e. The third-order valence-corrected chi connectivity index (χ3v) is 4.43. The van der Waals surface area contributed by atoms with Gasteiger partial charge < -0.3 is 14.8 Å². The zero-order valence-electron chi connectivity index (χ0n) is 12.4. The molecule has 1 aromatic rings. The highest BCUT2D eigenvalue weighted by Gasteiger charge is 2.35. The summed E-state index contributed by atoms with van der Waals surface area (Å²) in [6.45, 7) is 0. The summed E-state index contributed by atoms with van der Waals surface area (Å²) < 4.78 is 37.2. The molecule has 1 aliphatic rings. The summed E-state index contributed by atoms with van der Waals surface area (Å²) in [4.78, 5) is 12.3. The van der Waals surface area contributed by atoms with Gasteiger partial charge in [0, 0.05) is 23.4 Å². The molecule has 7 heteroatoms. The molecule has 1 aromatic carbocycles. The van der Waals surface area contributed by atoms with Gasteiger partial charge in [0.1, 0.15) is 0 Å². The van der Waals surface area contributed by atoms with Gasteiger partial charge in [0.15, 0.2) is 11.5 Å². The number of rotatable bonds is 4. The highest BCUT2D eigenvalue weighted by Crippen LogP contribution is 2.35. The van der Waals surface area contributed by atoms with Gasteiger partial charge >= 0.3 is 0 Å². The van der Waals surface area contributed by atoms with E-state index in [2.05, 4.69) is 21.2 Å². The van der Waals surface area contributed by atoms with Gasteiger partial charge in [-0.3, -0.25) is 4.79 Å². The van der Waals surface area contributed by atoms with E-state index in [1.54, 1.807) is 12.1 Å². The average molecular weight is 378 g/mol. The number of methoxy groups -OCH3 is 2. The SMILES string of the molecule is COc1cc(Br)c(C(=O)NC2CCC(F)(F)CC2)cc1OC. The molecule has 1 amide bonds. The maximum atomic E-state index is 13.1. The summed E-state index contributed by atoms with van der Waals surface area (Å²) in [6.07, 6.45) is 0.184. The molecule has 0 saturated heterocycles. The number of amides is 1. The Morgan fingerprint density at radius 2 is 1.77 bits per heavy atom. The topological polar surface area (TPSA) is 47.6 Å². The number of carbonyl (C=O) groups excluding carboxylic acids is 1. The Morgan fingerprint density at radius 3 is 2.32 bits per heavy atom. The van der Waals surface area contributed by atoms with Gasteiger partial charge in [-0.15, -0.1) is 0 Å². The lowest BCUT2D eigenvalue weighted by Gasteiger charge is -2.29. The monoisotopic (exact) mass is 377 g/mol. The Kier molecular flexibility index (Phi) is 5.26. The Hall–Kier alpha value is -1.37. The predicted octanol–water partition coefficient (Wildman–Crippen LogP) is 3.77. The van der Waals surface area contributed by atoms with E-state index >= 15 is 0 Å². The molecule has 4 nitrogen and oxygen atoms in total. The van der Waals surface area contributed by atoms with E-state index in [-0.39, 0.29) is 37.6 Å². The minimum atomic E-state index is -2.61. The fraction of sp³-hybridized carbons (Fsp3) is 0.533. The molecule has 0 atom stereocenters. The molecule has 1 fully saturated rings. The largest absolute Gasteiger partial charge is 0.493 e. The maximum absolute atomic E-state index is 13.1. The Balaban J connectivity index is 2.10. The summed E-state index contributed by atoms with van der Waals surface area (Å²) in [5.41, 5.74) is 0.384. The van der Waals surface area contributed by atoms with Gasteiger partial charge in [-0.2, -0.15) is 0 Å². The van der Waals surface area contributed by atoms with Crippen LogP contribution >= 0.6 is 15.9 Å². The van der Waals surface area contributed by atoms with Gasteiger partial charge in [0.05, 0.1) is 19.8 Å². The van der Waals surface area contributed by atoms with E-state index in [4.69, 9.17) is 9.47 Å². The molecular weight excluding hydrogens is 360 g/mol. The first kappa shape index (κ1) is 17.0. The molecule has 0 radical (unpaired) electrons. The first-order valence-electron chi connectivity index (χ1n) is 6.96. The average Bonchev–Trinajstić information content (AvgIpc) is 2.48. The minimum absolute atomic E-state index is 0.189. The van der Waals surface area contributed by atoms with Crippen LogP contribution in [-0.4, -0.2) is 32.1 Å². The van der Waals surface area contributed by atoms with E-state index in [1.807, 2.05) is 0 Å². The molecule has 122 valence electrons. The first-order chi connectivity index (χ1) is 10.4. The normalized spacial score (nSPS) is 17.9. The van der Waals surface area contributed by atoms with E-state index in [0.717, 1.165) is 0 Å². The van der Waals surface area contributed by atoms with Crippen molar-refractivity contribution in [3.05, 3.63) is 22.2 Å². The Labute approximate surface area is 136 Å². The van der Waals surface area contributed by atoms with Crippen LogP contribution in [0.3, 0.4) is 0 Å². The number of alkyl halides is 2. The number of hydrogen-bond acceptors (Lipinski definition) is 3. The molecule has 0 spiro atoms. The van der Waals surface area contributed by atoms with Gasteiger partial charge in [0.25, 0.3) is 5.91 Å². The van der Waals surface area contributed by atoms with Crippen LogP contribution in [0.25, 0.3) is 0 Å². The van der Waals surface area contributed by atoms with Crippen LogP contribution in [0.5, 0.6) is 11.5 Å². The summed E-state index contributed by atoms with van der Waals surface area (Å²) in [7, 11) is 2.99. The number of hydrogen-bond donors (Lipinski definition) is 1. The number of nitrogens with one attached hydrogen (secondary N) is 1. The Bertz CT molecular complexity index is 556. The molecule has 0 heterocycles. The van der Waals surface area contributed by atoms with Gasteiger partial charge in [-0.25, -0.2) is 8.78 Å². The molecule has 1 aliphatic carbocycles. The molecule has 0 aliphatic heterocycles. The van der Waals surface area contributed by atoms with Crippen molar-refractivity contribution < 1.29 is 23.0 Å². The fourth-order valence-electron chi connectivity index (χ4n) is 2.48. The van der Waals surface area contributed by atoms with Crippen LogP contribution in [-0.2, 0) is 0 Å². The molecule has 22 heavy (non-hydrogen) atoms. The summed E-state index contributed by atoms with van der Waals surface area (Å²) in [5.74, 6) is -1.98. The van der Waals surface area contributed by atoms with Crippen molar-refractivity contribution in [2.75, 3.05) is 14.2 Å². The Morgan fingerprint density at radius 1 is 1.23 bits per heavy atom. The van der Waals surface area contributed by atoms with Crippen LogP contribution in [0.4, 0.5) is 8.78 Å². The number of halogens is 3. The van der Waals surface area contributed by atoms with Gasteiger partial charge in [0.2, 0.25) is 5.92 Å². The van der Waals surface area contributed by atoms with Crippen LogP contribution < -0.4 is 14.8 Å². The van der Waals surface area contributed by atoms with Crippen LogP contribution in [0.1, 0.15) is 36.0 Å². The number of benzene rings is 1. The van der Waals surface area contributed by atoms with Crippen LogP contribution in [0, 0.1) is 0 Å². The van der Waals surface area contributed by atoms with Gasteiger partial charge in [-0.05, 0) is 40.9 Å². The second-order valence-electron chi connectivity index (χ2n) is 5.29. The van der Waals surface area contributed by atoms with Gasteiger partial charge in [-0.1, -0.05) is 0 Å². The highest BCUT2D eigenvalue weighted by atomic mass is 79.9. The predicted molar refractivity (Wildman–Crippen MR) is 81.9 cm³/mol. The summed E-state index contributed by atoms with van der Waals surface area (Å²) in [5, 5.41) is 2.80. The molecular formula is C15H18BrF2NO3. The van der Waals surface area contributed by atoms with Crippen molar-refractivity contribution in [1.82, 2.24) is 5.32 Å². The highest BCUT2D eigenvalue weighted by molar-refractivity contribution is 9.10. The van der Waals surface area contributed by atoms with E-state index in [1.165, 1.54) is 14.2 Å². The number of carbonyl (C=O) groups is 1. The zero-order chi connectivity index (χ0) is 16.3. The van der Waals surface area contributed by atoms with Crippen molar-refractivity contribution >= 4 is 21.8 Å². The van der Waals surface area contributed by atoms with Crippen LogP contribution in [0.15, 0.2) is 16.6 Å². The lowest BCUT2D eigenvalue weighted by atomic mass is 9.92. The van der Waals surface area contributed by atoms with E-state index in [0.29, 0.717) is 21.5 Å². The minimum Gasteiger partial charge on any atom is -0.493 e. The van der Waals surface area contributed by atoms with Crippen molar-refractivity contribution in [3.63, 3.8) is 0 Å². The molecule has 2 rings (SSSR count). The quantitative estimate of drug-likeness (QED) is 0.868. The van der Waals surface area contributed by atoms with E-state index in [9.17, 15) is 13.6 Å². The summed E-state index contributed by atoms with van der Waals surface area (Å²) >= 11 is 3.32. The van der Waals surface area contributed by atoms with Crippen molar-refractivity contribution in [2.24, 2.45) is 0 Å². The van der Waals surface area contributed by atoms with Crippen molar-refractivity contribution in [1.29, 1.82) is 0 Å². The summed E-state index contributed by atoms with van der Waals surface area (Å²) in [6, 6.07) is 2.98. The standard InChI is InChI=1S/C15H18BrF2NO3/c1-21-12-7-10(11(16)8-13(12)22-2)14(20)19-9-3-5-15(17,18)6-4-9/h7-9H,3-6H2,1-2H3,(H,19,20). The van der Waals surface area contributed by atoms with E-state index < -0.39 is 5.92 Å². The number of ether oxygens (including phenoxy) is 2. The molecule has 0 bridgehead atoms. The fourth-order valence-corrected chi connectivity index (χ4v) is 2.98. The third kappa shape index (κ3) is 3.88. The molecule has 0 aromatic heterocycles. The van der Waals surface area contributed by atoms with Crippen molar-refractivity contribution in [2.45, 2.75) is 37.6 Å². The molecule has 1 saturated carbocycles. The third-order valence-electron chi connectivity index (χ3n) is 3.77. The second-order valence-corrected chi connectivity index (χ2v) is 6.15. The second kappa shape index (κ2) is 6.81. The smallest absolute Gasteiger partial charge is 0.252 e. The first-order valence-corrected chi connectivity index (χ1v) is 7.76. The van der Waals surface area contributed by atoms with Crippen LogP contribution in [0.2, 0.25) is 0 Å². The van der Waals surface area contributed by atoms with Crippen molar-refractivity contribution in [3.8, 4) is 11.5 Å². The zero-order valence-corrected chi connectivity index (χ0v) is 14.0. The molecule has 1 N–H and O–H groups in total. The lowest BCUT2D eigenvalue weighted by Crippen LogP contribution is -2.40.